The molecule has 158 valence electrons. The Morgan fingerprint density at radius 2 is 1.90 bits per heavy atom. The summed E-state index contributed by atoms with van der Waals surface area (Å²) in [6.45, 7) is 1.99. The predicted molar refractivity (Wildman–Crippen MR) is 123 cm³/mol. The van der Waals surface area contributed by atoms with Crippen molar-refractivity contribution in [2.45, 2.75) is 32.2 Å². The molecule has 0 unspecified atom stereocenters. The van der Waals surface area contributed by atoms with Crippen LogP contribution in [-0.4, -0.2) is 32.7 Å². The number of nitrogens with zero attached hydrogens (tertiary/aromatic N) is 3. The molecule has 31 heavy (non-hydrogen) atoms. The van der Waals surface area contributed by atoms with Gasteiger partial charge in [0.2, 0.25) is 5.91 Å². The Bertz CT molecular complexity index is 1210. The van der Waals surface area contributed by atoms with Crippen LogP contribution in [-0.2, 0) is 9.59 Å². The van der Waals surface area contributed by atoms with Gasteiger partial charge >= 0.3 is 5.97 Å². The zero-order chi connectivity index (χ0) is 22.1. The molecule has 2 aromatic carbocycles. The Kier molecular flexibility index (Phi) is 6.07. The van der Waals surface area contributed by atoms with Crippen LogP contribution in [0.3, 0.4) is 0 Å². The molecule has 0 fully saturated rings. The lowest BCUT2D eigenvalue weighted by Gasteiger charge is -2.22. The molecule has 1 aromatic heterocycles. The summed E-state index contributed by atoms with van der Waals surface area (Å²) in [5.74, 6) is -1.36. The number of aliphatic carboxylic acids is 1. The van der Waals surface area contributed by atoms with Crippen LogP contribution in [0.4, 0.5) is 0 Å². The minimum atomic E-state index is -1.02. The summed E-state index contributed by atoms with van der Waals surface area (Å²) in [7, 11) is 0. The molecule has 2 heterocycles. The summed E-state index contributed by atoms with van der Waals surface area (Å²) in [5, 5.41) is 16.2. The van der Waals surface area contributed by atoms with Gasteiger partial charge in [-0.15, -0.1) is 0 Å². The number of benzene rings is 2. The topological polar surface area (TPSA) is 82.9 Å². The Balaban J connectivity index is 1.72. The lowest BCUT2D eigenvalue weighted by atomic mass is 9.98. The largest absolute Gasteiger partial charge is 0.481 e. The number of hydrogen-bond donors (Lipinski definition) is 1. The normalized spacial score (nSPS) is 15.9. The fraction of sp³-hybridized carbons (Fsp3) is 0.217. The third-order valence-electron chi connectivity index (χ3n) is 5.21. The van der Waals surface area contributed by atoms with Gasteiger partial charge in [0.25, 0.3) is 0 Å². The Morgan fingerprint density at radius 3 is 2.61 bits per heavy atom. The Hall–Kier alpha value is -2.77. The molecule has 1 amide bonds. The SMILES string of the molecule is Cc1ccc2cc(C3=NN(C(=O)CCC(=O)O)[C@@H](c4ccc(Br)cc4)C3)c(Cl)nc2c1. The summed E-state index contributed by atoms with van der Waals surface area (Å²) in [6.07, 6.45) is 0.0895. The number of carboxylic acids is 1. The summed E-state index contributed by atoms with van der Waals surface area (Å²) in [5.41, 5.74) is 4.12. The molecule has 8 heteroatoms. The van der Waals surface area contributed by atoms with E-state index in [2.05, 4.69) is 26.0 Å². The molecular weight excluding hydrogens is 482 g/mol. The average Bonchev–Trinajstić information content (AvgIpc) is 3.17. The summed E-state index contributed by atoms with van der Waals surface area (Å²) < 4.78 is 0.927. The molecule has 1 aliphatic rings. The van der Waals surface area contributed by atoms with E-state index in [0.29, 0.717) is 22.8 Å². The Labute approximate surface area is 192 Å². The third-order valence-corrected chi connectivity index (χ3v) is 6.03. The number of hydrazone groups is 1. The number of halogens is 2. The van der Waals surface area contributed by atoms with Gasteiger partial charge < -0.3 is 5.11 Å². The summed E-state index contributed by atoms with van der Waals surface area (Å²) >= 11 is 9.93. The molecule has 1 aliphatic heterocycles. The molecule has 0 aliphatic carbocycles. The second-order valence-corrected chi connectivity index (χ2v) is 8.75. The first-order valence-electron chi connectivity index (χ1n) is 9.76. The lowest BCUT2D eigenvalue weighted by molar-refractivity contribution is -0.141. The number of carbonyl (C=O) groups is 2. The van der Waals surface area contributed by atoms with Gasteiger partial charge in [-0.25, -0.2) is 9.99 Å². The van der Waals surface area contributed by atoms with Crippen molar-refractivity contribution in [3.8, 4) is 0 Å². The quantitative estimate of drug-likeness (QED) is 0.469. The van der Waals surface area contributed by atoms with Crippen LogP contribution in [0.5, 0.6) is 0 Å². The number of amides is 1. The maximum absolute atomic E-state index is 12.8. The van der Waals surface area contributed by atoms with Gasteiger partial charge in [-0.1, -0.05) is 51.8 Å². The van der Waals surface area contributed by atoms with Crippen LogP contribution in [0.15, 0.2) is 58.1 Å². The van der Waals surface area contributed by atoms with Gasteiger partial charge in [0, 0.05) is 28.3 Å². The van der Waals surface area contributed by atoms with Crippen LogP contribution in [0.1, 0.15) is 42.0 Å². The van der Waals surface area contributed by atoms with Gasteiger partial charge in [0.1, 0.15) is 5.15 Å². The van der Waals surface area contributed by atoms with E-state index in [0.717, 1.165) is 26.5 Å². The molecule has 1 N–H and O–H groups in total. The molecular formula is C23H19BrClN3O3. The van der Waals surface area contributed by atoms with Crippen molar-refractivity contribution in [1.82, 2.24) is 9.99 Å². The first kappa shape index (κ1) is 21.5. The number of carbonyl (C=O) groups excluding carboxylic acids is 1. The fourth-order valence-electron chi connectivity index (χ4n) is 3.63. The summed E-state index contributed by atoms with van der Waals surface area (Å²) in [4.78, 5) is 28.3. The number of aryl methyl sites for hydroxylation is 1. The monoisotopic (exact) mass is 499 g/mol. The van der Waals surface area contributed by atoms with E-state index in [-0.39, 0.29) is 24.8 Å². The lowest BCUT2D eigenvalue weighted by Crippen LogP contribution is -2.27. The van der Waals surface area contributed by atoms with Crippen molar-refractivity contribution in [2.75, 3.05) is 0 Å². The second kappa shape index (κ2) is 8.77. The maximum atomic E-state index is 12.8. The standard InChI is InChI=1S/C23H19BrClN3O3/c1-13-2-3-15-11-17(23(25)26-18(15)10-13)19-12-20(14-4-6-16(24)7-5-14)28(27-19)21(29)8-9-22(30)31/h2-7,10-11,20H,8-9,12H2,1H3,(H,30,31)/t20-/m1/s1. The van der Waals surface area contributed by atoms with Crippen molar-refractivity contribution in [3.63, 3.8) is 0 Å². The highest BCUT2D eigenvalue weighted by Crippen LogP contribution is 2.36. The van der Waals surface area contributed by atoms with Gasteiger partial charge in [-0.3, -0.25) is 9.59 Å². The number of hydrogen-bond acceptors (Lipinski definition) is 4. The number of aromatic nitrogens is 1. The van der Waals surface area contributed by atoms with E-state index in [1.807, 2.05) is 55.5 Å². The highest BCUT2D eigenvalue weighted by molar-refractivity contribution is 9.10. The fourth-order valence-corrected chi connectivity index (χ4v) is 4.15. The highest BCUT2D eigenvalue weighted by Gasteiger charge is 2.34. The van der Waals surface area contributed by atoms with Gasteiger partial charge in [0.15, 0.2) is 0 Å². The number of rotatable bonds is 5. The molecule has 1 atom stereocenters. The van der Waals surface area contributed by atoms with Crippen LogP contribution in [0.2, 0.25) is 5.15 Å². The molecule has 3 aromatic rings. The molecule has 6 nitrogen and oxygen atoms in total. The molecule has 4 rings (SSSR count). The van der Waals surface area contributed by atoms with E-state index >= 15 is 0 Å². The van der Waals surface area contributed by atoms with E-state index in [4.69, 9.17) is 16.7 Å². The predicted octanol–water partition coefficient (Wildman–Crippen LogP) is 5.50. The van der Waals surface area contributed by atoms with Gasteiger partial charge in [-0.05, 0) is 42.3 Å². The summed E-state index contributed by atoms with van der Waals surface area (Å²) in [6, 6.07) is 15.2. The van der Waals surface area contributed by atoms with E-state index in [9.17, 15) is 9.59 Å². The van der Waals surface area contributed by atoms with Crippen LogP contribution in [0.25, 0.3) is 10.9 Å². The smallest absolute Gasteiger partial charge is 0.303 e. The van der Waals surface area contributed by atoms with E-state index < -0.39 is 5.97 Å². The van der Waals surface area contributed by atoms with Gasteiger partial charge in [-0.2, -0.15) is 5.10 Å². The third kappa shape index (κ3) is 4.62. The van der Waals surface area contributed by atoms with E-state index in [1.165, 1.54) is 5.01 Å². The molecule has 0 saturated heterocycles. The molecule has 0 radical (unpaired) electrons. The molecule has 0 spiro atoms. The first-order valence-corrected chi connectivity index (χ1v) is 10.9. The van der Waals surface area contributed by atoms with Crippen molar-refractivity contribution in [1.29, 1.82) is 0 Å². The van der Waals surface area contributed by atoms with Crippen LogP contribution < -0.4 is 0 Å². The molecule has 0 bridgehead atoms. The van der Waals surface area contributed by atoms with Gasteiger partial charge in [0.05, 0.1) is 23.7 Å². The number of fused-ring (bicyclic) bond motifs is 1. The Morgan fingerprint density at radius 1 is 1.16 bits per heavy atom. The zero-order valence-corrected chi connectivity index (χ0v) is 19.0. The van der Waals surface area contributed by atoms with E-state index in [1.54, 1.807) is 0 Å². The van der Waals surface area contributed by atoms with Crippen LogP contribution in [0, 0.1) is 6.92 Å². The number of carboxylic acid groups (broad SMARTS) is 1. The minimum absolute atomic E-state index is 0.123. The first-order chi connectivity index (χ1) is 14.8. The van der Waals surface area contributed by atoms with Crippen LogP contribution >= 0.6 is 27.5 Å². The van der Waals surface area contributed by atoms with Crippen molar-refractivity contribution >= 4 is 56.0 Å². The minimum Gasteiger partial charge on any atom is -0.481 e. The average molecular weight is 501 g/mol. The number of pyridine rings is 1. The maximum Gasteiger partial charge on any atom is 0.303 e. The molecule has 0 saturated carbocycles. The van der Waals surface area contributed by atoms with Crippen molar-refractivity contribution < 1.29 is 14.7 Å². The highest BCUT2D eigenvalue weighted by atomic mass is 79.9. The zero-order valence-electron chi connectivity index (χ0n) is 16.7. The second-order valence-electron chi connectivity index (χ2n) is 7.47. The van der Waals surface area contributed by atoms with Crippen molar-refractivity contribution in [2.24, 2.45) is 5.10 Å². The van der Waals surface area contributed by atoms with Crippen molar-refractivity contribution in [3.05, 3.63) is 74.8 Å².